The maximum Gasteiger partial charge on any atom is 0.238 e. The molecule has 3 rings (SSSR count). The van der Waals surface area contributed by atoms with Crippen molar-refractivity contribution in [3.05, 3.63) is 65.7 Å². The summed E-state index contributed by atoms with van der Waals surface area (Å²) in [6.07, 6.45) is 0.430. The first-order valence-electron chi connectivity index (χ1n) is 8.33. The number of nitrogens with zero attached hydrogens (tertiary/aromatic N) is 1. The van der Waals surface area contributed by atoms with Crippen molar-refractivity contribution < 1.29 is 14.0 Å². The van der Waals surface area contributed by atoms with Gasteiger partial charge in [0, 0.05) is 25.7 Å². The number of anilines is 1. The maximum absolute atomic E-state index is 13.2. The van der Waals surface area contributed by atoms with Gasteiger partial charge in [0.2, 0.25) is 11.8 Å². The van der Waals surface area contributed by atoms with Crippen LogP contribution in [0, 0.1) is 0 Å². The quantitative estimate of drug-likeness (QED) is 0.879. The number of likely N-dealkylation sites (N-methyl/N-ethyl adjacent to an activating group) is 1. The number of carbonyl (C=O) groups excluding carboxylic acids is 2. The van der Waals surface area contributed by atoms with Crippen LogP contribution in [0.4, 0.5) is 10.1 Å². The highest BCUT2D eigenvalue weighted by Crippen LogP contribution is 2.45. The molecule has 5 heteroatoms. The Bertz CT molecular complexity index is 778. The predicted octanol–water partition coefficient (Wildman–Crippen LogP) is 2.62. The first-order valence-corrected chi connectivity index (χ1v) is 8.33. The van der Waals surface area contributed by atoms with Gasteiger partial charge >= 0.3 is 0 Å². The number of hydrogen-bond acceptors (Lipinski definition) is 2. The first-order chi connectivity index (χ1) is 12.1. The third-order valence-electron chi connectivity index (χ3n) is 4.72. The van der Waals surface area contributed by atoms with Gasteiger partial charge in [0.15, 0.2) is 0 Å². The van der Waals surface area contributed by atoms with Crippen molar-refractivity contribution in [1.29, 1.82) is 0 Å². The topological polar surface area (TPSA) is 49.4 Å². The van der Waals surface area contributed by atoms with Crippen molar-refractivity contribution in [3.8, 4) is 0 Å². The summed E-state index contributed by atoms with van der Waals surface area (Å²) in [6.45, 7) is -0.659. The Balaban J connectivity index is 2.03. The highest BCUT2D eigenvalue weighted by molar-refractivity contribution is 6.09. The van der Waals surface area contributed by atoms with E-state index in [9.17, 15) is 14.0 Å². The molecule has 1 aliphatic heterocycles. The van der Waals surface area contributed by atoms with Crippen molar-refractivity contribution in [2.45, 2.75) is 18.3 Å². The summed E-state index contributed by atoms with van der Waals surface area (Å²) in [5, 5.41) is 2.55. The SMILES string of the molecule is CN1C(=O)C(CC(=O)NCCF)(Cc2ccccc2)c2ccccc21. The third kappa shape index (κ3) is 3.14. The van der Waals surface area contributed by atoms with Crippen molar-refractivity contribution in [2.24, 2.45) is 0 Å². The van der Waals surface area contributed by atoms with Crippen molar-refractivity contribution in [3.63, 3.8) is 0 Å². The van der Waals surface area contributed by atoms with Crippen LogP contribution in [0.3, 0.4) is 0 Å². The highest BCUT2D eigenvalue weighted by Gasteiger charge is 2.50. The Hall–Kier alpha value is -2.69. The van der Waals surface area contributed by atoms with E-state index < -0.39 is 12.1 Å². The molecule has 1 aliphatic rings. The molecule has 0 spiro atoms. The molecule has 0 saturated heterocycles. The van der Waals surface area contributed by atoms with Crippen LogP contribution in [0.2, 0.25) is 0 Å². The van der Waals surface area contributed by atoms with Gasteiger partial charge in [0.1, 0.15) is 6.67 Å². The molecule has 25 heavy (non-hydrogen) atoms. The molecular weight excluding hydrogens is 319 g/mol. The van der Waals surface area contributed by atoms with Crippen LogP contribution in [0.5, 0.6) is 0 Å². The van der Waals surface area contributed by atoms with E-state index in [0.717, 1.165) is 16.8 Å². The number of carbonyl (C=O) groups is 2. The number of para-hydroxylation sites is 1. The van der Waals surface area contributed by atoms with Crippen molar-refractivity contribution in [1.82, 2.24) is 5.32 Å². The summed E-state index contributed by atoms with van der Waals surface area (Å²) < 4.78 is 12.4. The third-order valence-corrected chi connectivity index (χ3v) is 4.72. The van der Waals surface area contributed by atoms with Crippen LogP contribution in [0.15, 0.2) is 54.6 Å². The maximum atomic E-state index is 13.2. The molecule has 0 aliphatic carbocycles. The summed E-state index contributed by atoms with van der Waals surface area (Å²) >= 11 is 0. The van der Waals surface area contributed by atoms with Gasteiger partial charge in [-0.1, -0.05) is 48.5 Å². The molecule has 1 heterocycles. The Morgan fingerprint density at radius 1 is 1.12 bits per heavy atom. The van der Waals surface area contributed by atoms with Gasteiger partial charge < -0.3 is 10.2 Å². The second-order valence-electron chi connectivity index (χ2n) is 6.34. The lowest BCUT2D eigenvalue weighted by Crippen LogP contribution is -2.44. The molecule has 0 fully saturated rings. The average Bonchev–Trinajstić information content (AvgIpc) is 2.84. The number of hydrogen-bond donors (Lipinski definition) is 1. The minimum absolute atomic E-state index is 0.00206. The van der Waals surface area contributed by atoms with Gasteiger partial charge in [-0.05, 0) is 23.6 Å². The van der Waals surface area contributed by atoms with Crippen molar-refractivity contribution in [2.75, 3.05) is 25.2 Å². The molecule has 2 amide bonds. The number of nitrogens with one attached hydrogen (secondary N) is 1. The molecule has 1 unspecified atom stereocenters. The Morgan fingerprint density at radius 2 is 1.80 bits per heavy atom. The molecule has 2 aromatic rings. The number of alkyl halides is 1. The van der Waals surface area contributed by atoms with Crippen molar-refractivity contribution >= 4 is 17.5 Å². The van der Waals surface area contributed by atoms with Crippen LogP contribution < -0.4 is 10.2 Å². The zero-order valence-electron chi connectivity index (χ0n) is 14.2. The molecule has 130 valence electrons. The van der Waals surface area contributed by atoms with E-state index in [2.05, 4.69) is 5.32 Å². The number of amides is 2. The molecule has 1 atom stereocenters. The molecule has 0 aromatic heterocycles. The largest absolute Gasteiger partial charge is 0.353 e. The molecule has 0 bridgehead atoms. The summed E-state index contributed by atoms with van der Waals surface area (Å²) in [5.74, 6) is -0.417. The molecule has 0 radical (unpaired) electrons. The number of fused-ring (bicyclic) bond motifs is 1. The Labute approximate surface area is 146 Å². The molecular formula is C20H21FN2O2. The zero-order chi connectivity index (χ0) is 17.9. The monoisotopic (exact) mass is 340 g/mol. The van der Waals surface area contributed by atoms with Crippen LogP contribution in [0.1, 0.15) is 17.5 Å². The lowest BCUT2D eigenvalue weighted by atomic mass is 9.73. The van der Waals surface area contributed by atoms with E-state index in [0.29, 0.717) is 6.42 Å². The first kappa shape index (κ1) is 17.1. The van der Waals surface area contributed by atoms with Gasteiger partial charge in [0.25, 0.3) is 0 Å². The Kier molecular flexibility index (Phi) is 4.83. The fourth-order valence-electron chi connectivity index (χ4n) is 3.59. The standard InChI is InChI=1S/C20H21FN2O2/c1-23-17-10-6-5-9-16(17)20(19(23)25,14-18(24)22-12-11-21)13-15-7-3-2-4-8-15/h2-10H,11-14H2,1H3,(H,22,24). The minimum atomic E-state index is -0.965. The summed E-state index contributed by atoms with van der Waals surface area (Å²) in [4.78, 5) is 27.1. The van der Waals surface area contributed by atoms with Gasteiger partial charge in [-0.15, -0.1) is 0 Å². The zero-order valence-corrected chi connectivity index (χ0v) is 14.2. The van der Waals surface area contributed by atoms with E-state index in [1.165, 1.54) is 0 Å². The lowest BCUT2D eigenvalue weighted by molar-refractivity contribution is -0.129. The number of benzene rings is 2. The van der Waals surface area contributed by atoms with E-state index >= 15 is 0 Å². The van der Waals surface area contributed by atoms with Gasteiger partial charge in [-0.3, -0.25) is 9.59 Å². The molecule has 1 N–H and O–H groups in total. The fourth-order valence-corrected chi connectivity index (χ4v) is 3.59. The smallest absolute Gasteiger partial charge is 0.238 e. The van der Waals surface area contributed by atoms with Gasteiger partial charge in [-0.25, -0.2) is 4.39 Å². The van der Waals surface area contributed by atoms with E-state index in [1.807, 2.05) is 54.6 Å². The molecule has 0 saturated carbocycles. The minimum Gasteiger partial charge on any atom is -0.353 e. The van der Waals surface area contributed by atoms with Gasteiger partial charge in [0.05, 0.1) is 5.41 Å². The van der Waals surface area contributed by atoms with Crippen LogP contribution in [-0.2, 0) is 21.4 Å². The highest BCUT2D eigenvalue weighted by atomic mass is 19.1. The predicted molar refractivity (Wildman–Crippen MR) is 95.3 cm³/mol. The molecule has 2 aromatic carbocycles. The number of rotatable bonds is 6. The van der Waals surface area contributed by atoms with E-state index in [4.69, 9.17) is 0 Å². The normalized spacial score (nSPS) is 19.0. The average molecular weight is 340 g/mol. The Morgan fingerprint density at radius 3 is 2.52 bits per heavy atom. The summed E-state index contributed by atoms with van der Waals surface area (Å²) in [7, 11) is 1.73. The second-order valence-corrected chi connectivity index (χ2v) is 6.34. The van der Waals surface area contributed by atoms with Crippen LogP contribution in [-0.4, -0.2) is 32.1 Å². The lowest BCUT2D eigenvalue weighted by Gasteiger charge is -2.28. The fraction of sp³-hybridized carbons (Fsp3) is 0.300. The second kappa shape index (κ2) is 7.05. The number of halogens is 1. The summed E-state index contributed by atoms with van der Waals surface area (Å²) in [5.41, 5.74) is 1.69. The van der Waals surface area contributed by atoms with E-state index in [1.54, 1.807) is 11.9 Å². The summed E-state index contributed by atoms with van der Waals surface area (Å²) in [6, 6.07) is 17.2. The van der Waals surface area contributed by atoms with Crippen LogP contribution >= 0.6 is 0 Å². The molecule has 4 nitrogen and oxygen atoms in total. The van der Waals surface area contributed by atoms with E-state index in [-0.39, 0.29) is 24.8 Å². The van der Waals surface area contributed by atoms with Gasteiger partial charge in [-0.2, -0.15) is 0 Å². The van der Waals surface area contributed by atoms with Crippen LogP contribution in [0.25, 0.3) is 0 Å².